The Morgan fingerprint density at radius 2 is 2.41 bits per heavy atom. The van der Waals surface area contributed by atoms with Crippen molar-refractivity contribution >= 4 is 35.4 Å². The molecule has 3 rings (SSSR count). The molecule has 1 saturated heterocycles. The first kappa shape index (κ1) is 15.4. The minimum atomic E-state index is -1.09. The number of nitrogens with two attached hydrogens (primary N) is 1. The van der Waals surface area contributed by atoms with Crippen molar-refractivity contribution in [2.45, 2.75) is 30.0 Å². The normalized spacial score (nSPS) is 24.3. The average Bonchev–Trinajstić information content (AvgIpc) is 2.98. The summed E-state index contributed by atoms with van der Waals surface area (Å²) in [5.41, 5.74) is 6.51. The molecule has 1 amide bonds. The van der Waals surface area contributed by atoms with Crippen LogP contribution in [0.4, 0.5) is 0 Å². The second-order valence-corrected chi connectivity index (χ2v) is 6.93. The van der Waals surface area contributed by atoms with Crippen LogP contribution in [0.15, 0.2) is 22.8 Å². The van der Waals surface area contributed by atoms with Crippen LogP contribution in [0.5, 0.6) is 0 Å². The molecule has 2 aliphatic rings. The van der Waals surface area contributed by atoms with Crippen LogP contribution in [-0.4, -0.2) is 59.6 Å². The van der Waals surface area contributed by atoms with Gasteiger partial charge in [-0.05, 0) is 12.5 Å². The lowest BCUT2D eigenvalue weighted by Gasteiger charge is -2.48. The van der Waals surface area contributed by atoms with E-state index in [2.05, 4.69) is 10.2 Å². The standard InChI is InChI=1S/C12H15N5O3S2/c1-2-16-5-14-15-12(16)22-4-6-3-21-10-7(13)9(18)17(10)8(6)11(19)20/h5,7,10H,2-4,13H2,1H3,(H,19,20)/t7?,10-/m1/s1. The van der Waals surface area contributed by atoms with E-state index in [0.29, 0.717) is 17.1 Å². The van der Waals surface area contributed by atoms with Crippen molar-refractivity contribution in [3.8, 4) is 0 Å². The summed E-state index contributed by atoms with van der Waals surface area (Å²) in [5, 5.41) is 17.8. The Balaban J connectivity index is 1.81. The van der Waals surface area contributed by atoms with E-state index in [1.54, 1.807) is 6.33 Å². The number of rotatable bonds is 5. The number of β-lactam (4-membered cyclic amide) rings is 1. The molecule has 118 valence electrons. The number of thioether (sulfide) groups is 2. The molecule has 22 heavy (non-hydrogen) atoms. The third-order valence-electron chi connectivity index (χ3n) is 3.59. The van der Waals surface area contributed by atoms with Gasteiger partial charge < -0.3 is 15.4 Å². The lowest BCUT2D eigenvalue weighted by Crippen LogP contribution is -2.68. The number of fused-ring (bicyclic) bond motifs is 1. The van der Waals surface area contributed by atoms with Gasteiger partial charge in [0, 0.05) is 18.1 Å². The number of aliphatic carboxylic acids is 1. The van der Waals surface area contributed by atoms with Crippen molar-refractivity contribution in [1.82, 2.24) is 19.7 Å². The minimum absolute atomic E-state index is 0.0745. The highest BCUT2D eigenvalue weighted by molar-refractivity contribution is 8.01. The summed E-state index contributed by atoms with van der Waals surface area (Å²) in [5.74, 6) is -0.400. The molecule has 2 atom stereocenters. The van der Waals surface area contributed by atoms with Gasteiger partial charge in [0.2, 0.25) is 5.91 Å². The molecule has 3 N–H and O–H groups in total. The average molecular weight is 341 g/mol. The summed E-state index contributed by atoms with van der Waals surface area (Å²) < 4.78 is 1.88. The molecule has 1 fully saturated rings. The van der Waals surface area contributed by atoms with Crippen molar-refractivity contribution in [3.63, 3.8) is 0 Å². The number of hydrogen-bond acceptors (Lipinski definition) is 7. The highest BCUT2D eigenvalue weighted by Gasteiger charge is 2.51. The Hall–Kier alpha value is -1.52. The van der Waals surface area contributed by atoms with Gasteiger partial charge in [-0.2, -0.15) is 0 Å². The zero-order valence-electron chi connectivity index (χ0n) is 11.8. The second kappa shape index (κ2) is 5.94. The topological polar surface area (TPSA) is 114 Å². The Kier molecular flexibility index (Phi) is 4.15. The third kappa shape index (κ3) is 2.40. The predicted molar refractivity (Wildman–Crippen MR) is 82.1 cm³/mol. The van der Waals surface area contributed by atoms with Crippen LogP contribution in [0.3, 0.4) is 0 Å². The smallest absolute Gasteiger partial charge is 0.352 e. The van der Waals surface area contributed by atoms with E-state index < -0.39 is 12.0 Å². The number of hydrogen-bond donors (Lipinski definition) is 2. The highest BCUT2D eigenvalue weighted by Crippen LogP contribution is 2.40. The molecule has 10 heteroatoms. The first-order valence-electron chi connectivity index (χ1n) is 6.70. The van der Waals surface area contributed by atoms with Gasteiger partial charge in [0.05, 0.1) is 0 Å². The van der Waals surface area contributed by atoms with E-state index in [0.717, 1.165) is 11.7 Å². The summed E-state index contributed by atoms with van der Waals surface area (Å²) in [6.45, 7) is 2.73. The maximum absolute atomic E-state index is 11.8. The summed E-state index contributed by atoms with van der Waals surface area (Å²) in [7, 11) is 0. The quantitative estimate of drug-likeness (QED) is 0.567. The van der Waals surface area contributed by atoms with Crippen molar-refractivity contribution in [2.24, 2.45) is 5.73 Å². The van der Waals surface area contributed by atoms with Gasteiger partial charge in [-0.1, -0.05) is 11.8 Å². The van der Waals surface area contributed by atoms with E-state index in [1.807, 2.05) is 11.5 Å². The van der Waals surface area contributed by atoms with Crippen LogP contribution in [0, 0.1) is 0 Å². The fourth-order valence-corrected chi connectivity index (χ4v) is 4.83. The lowest BCUT2D eigenvalue weighted by molar-refractivity contribution is -0.147. The molecular weight excluding hydrogens is 326 g/mol. The molecule has 0 saturated carbocycles. The Bertz CT molecular complexity index is 659. The van der Waals surface area contributed by atoms with E-state index >= 15 is 0 Å². The summed E-state index contributed by atoms with van der Waals surface area (Å²) in [6, 6.07) is -0.600. The van der Waals surface area contributed by atoms with Crippen LogP contribution < -0.4 is 5.73 Å². The molecular formula is C12H15N5O3S2. The fraction of sp³-hybridized carbons (Fsp3) is 0.500. The Labute approximate surface area is 135 Å². The molecule has 1 aromatic heterocycles. The molecule has 1 aromatic rings. The Morgan fingerprint density at radius 1 is 1.64 bits per heavy atom. The zero-order valence-corrected chi connectivity index (χ0v) is 13.4. The lowest BCUT2D eigenvalue weighted by atomic mass is 10.0. The first-order chi connectivity index (χ1) is 10.5. The number of carboxylic acid groups (broad SMARTS) is 1. The van der Waals surface area contributed by atoms with Gasteiger partial charge in [-0.3, -0.25) is 9.69 Å². The van der Waals surface area contributed by atoms with Crippen LogP contribution in [0.2, 0.25) is 0 Å². The predicted octanol–water partition coefficient (Wildman–Crippen LogP) is -0.0288. The molecule has 0 aromatic carbocycles. The summed E-state index contributed by atoms with van der Waals surface area (Å²) >= 11 is 2.92. The number of aryl methyl sites for hydroxylation is 1. The van der Waals surface area contributed by atoms with Crippen molar-refractivity contribution < 1.29 is 14.7 Å². The molecule has 0 bridgehead atoms. The zero-order chi connectivity index (χ0) is 15.9. The van der Waals surface area contributed by atoms with Crippen LogP contribution in [-0.2, 0) is 16.1 Å². The van der Waals surface area contributed by atoms with E-state index in [-0.39, 0.29) is 17.0 Å². The van der Waals surface area contributed by atoms with Crippen LogP contribution in [0.1, 0.15) is 6.92 Å². The van der Waals surface area contributed by atoms with E-state index in [9.17, 15) is 14.7 Å². The largest absolute Gasteiger partial charge is 0.477 e. The van der Waals surface area contributed by atoms with Gasteiger partial charge in [0.15, 0.2) is 5.16 Å². The monoisotopic (exact) mass is 341 g/mol. The number of amides is 1. The van der Waals surface area contributed by atoms with Crippen molar-refractivity contribution in [2.75, 3.05) is 11.5 Å². The molecule has 3 heterocycles. The molecule has 1 unspecified atom stereocenters. The SMILES string of the molecule is CCn1cnnc1SCC1=C(C(=O)O)N2C(=O)C(N)[C@H]2SC1. The fourth-order valence-electron chi connectivity index (χ4n) is 2.42. The molecule has 8 nitrogen and oxygen atoms in total. The van der Waals surface area contributed by atoms with E-state index in [1.165, 1.54) is 28.4 Å². The number of aromatic nitrogens is 3. The number of carbonyl (C=O) groups excluding carboxylic acids is 1. The Morgan fingerprint density at radius 3 is 3.09 bits per heavy atom. The highest BCUT2D eigenvalue weighted by atomic mass is 32.2. The second-order valence-electron chi connectivity index (χ2n) is 4.88. The summed E-state index contributed by atoms with van der Waals surface area (Å²) in [6.07, 6.45) is 1.64. The summed E-state index contributed by atoms with van der Waals surface area (Å²) in [4.78, 5) is 24.7. The maximum Gasteiger partial charge on any atom is 0.352 e. The van der Waals surface area contributed by atoms with Crippen molar-refractivity contribution in [1.29, 1.82) is 0 Å². The van der Waals surface area contributed by atoms with Gasteiger partial charge in [-0.25, -0.2) is 4.79 Å². The van der Waals surface area contributed by atoms with Crippen LogP contribution >= 0.6 is 23.5 Å². The van der Waals surface area contributed by atoms with Gasteiger partial charge in [0.1, 0.15) is 23.4 Å². The minimum Gasteiger partial charge on any atom is -0.477 e. The molecule has 0 aliphatic carbocycles. The number of nitrogens with zero attached hydrogens (tertiary/aromatic N) is 4. The molecule has 0 radical (unpaired) electrons. The van der Waals surface area contributed by atoms with Crippen LogP contribution in [0.25, 0.3) is 0 Å². The molecule has 0 spiro atoms. The van der Waals surface area contributed by atoms with Gasteiger partial charge in [0.25, 0.3) is 0 Å². The van der Waals surface area contributed by atoms with Gasteiger partial charge in [-0.15, -0.1) is 22.0 Å². The first-order valence-corrected chi connectivity index (χ1v) is 8.74. The number of carbonyl (C=O) groups is 2. The van der Waals surface area contributed by atoms with Crippen molar-refractivity contribution in [3.05, 3.63) is 17.6 Å². The molecule has 2 aliphatic heterocycles. The maximum atomic E-state index is 11.8. The van der Waals surface area contributed by atoms with Gasteiger partial charge >= 0.3 is 5.97 Å². The number of carboxylic acids is 1. The van der Waals surface area contributed by atoms with E-state index in [4.69, 9.17) is 5.73 Å². The third-order valence-corrected chi connectivity index (χ3v) is 6.02.